The van der Waals surface area contributed by atoms with Gasteiger partial charge in [-0.15, -0.1) is 6.58 Å². The average molecular weight is 184 g/mol. The molecule has 2 nitrogen and oxygen atoms in total. The maximum absolute atomic E-state index is 9.34. The van der Waals surface area contributed by atoms with Gasteiger partial charge in [0.05, 0.1) is 12.2 Å². The monoisotopic (exact) mass is 184 g/mol. The highest BCUT2D eigenvalue weighted by Crippen LogP contribution is 2.03. The van der Waals surface area contributed by atoms with Crippen LogP contribution in [0.15, 0.2) is 24.8 Å². The van der Waals surface area contributed by atoms with Crippen LogP contribution >= 0.6 is 0 Å². The molecule has 0 heterocycles. The van der Waals surface area contributed by atoms with Crippen LogP contribution in [0.1, 0.15) is 32.6 Å². The molecule has 0 saturated heterocycles. The molecule has 0 aromatic carbocycles. The van der Waals surface area contributed by atoms with Gasteiger partial charge in [-0.05, 0) is 19.3 Å². The van der Waals surface area contributed by atoms with E-state index in [0.29, 0.717) is 12.8 Å². The van der Waals surface area contributed by atoms with E-state index >= 15 is 0 Å². The van der Waals surface area contributed by atoms with Crippen LogP contribution in [0.3, 0.4) is 0 Å². The Morgan fingerprint density at radius 1 is 1.31 bits per heavy atom. The van der Waals surface area contributed by atoms with Crippen molar-refractivity contribution in [2.75, 3.05) is 0 Å². The predicted molar refractivity (Wildman–Crippen MR) is 55.5 cm³/mol. The number of hydrogen-bond donors (Lipinski definition) is 2. The number of rotatable bonds is 7. The van der Waals surface area contributed by atoms with E-state index in [9.17, 15) is 10.2 Å². The van der Waals surface area contributed by atoms with Gasteiger partial charge in [0.1, 0.15) is 0 Å². The van der Waals surface area contributed by atoms with Gasteiger partial charge in [-0.2, -0.15) is 0 Å². The first kappa shape index (κ1) is 12.4. The van der Waals surface area contributed by atoms with Crippen LogP contribution in [0.25, 0.3) is 0 Å². The predicted octanol–water partition coefficient (Wildman–Crippen LogP) is 2.03. The van der Waals surface area contributed by atoms with Crippen LogP contribution in [0, 0.1) is 0 Å². The van der Waals surface area contributed by atoms with E-state index in [1.54, 1.807) is 12.2 Å². The molecule has 0 aliphatic rings. The molecule has 0 aliphatic heterocycles. The van der Waals surface area contributed by atoms with Gasteiger partial charge in [0, 0.05) is 0 Å². The fraction of sp³-hybridized carbons (Fsp3) is 0.636. The van der Waals surface area contributed by atoms with Crippen LogP contribution < -0.4 is 0 Å². The SMILES string of the molecule is C=CC[C@@H](O)/C=C/C[C@H](O)CCC. The molecule has 0 aromatic heterocycles. The van der Waals surface area contributed by atoms with Crippen molar-refractivity contribution in [2.24, 2.45) is 0 Å². The van der Waals surface area contributed by atoms with Crippen molar-refractivity contribution in [2.45, 2.75) is 44.8 Å². The summed E-state index contributed by atoms with van der Waals surface area (Å²) in [5, 5.41) is 18.6. The zero-order chi connectivity index (χ0) is 10.1. The maximum atomic E-state index is 9.34. The van der Waals surface area contributed by atoms with Crippen molar-refractivity contribution in [1.29, 1.82) is 0 Å². The summed E-state index contributed by atoms with van der Waals surface area (Å²) in [6.45, 7) is 5.57. The van der Waals surface area contributed by atoms with Gasteiger partial charge in [0.2, 0.25) is 0 Å². The highest BCUT2D eigenvalue weighted by atomic mass is 16.3. The van der Waals surface area contributed by atoms with E-state index in [1.165, 1.54) is 0 Å². The van der Waals surface area contributed by atoms with Crippen molar-refractivity contribution in [1.82, 2.24) is 0 Å². The Morgan fingerprint density at radius 2 is 2.00 bits per heavy atom. The van der Waals surface area contributed by atoms with E-state index in [2.05, 4.69) is 6.58 Å². The van der Waals surface area contributed by atoms with Crippen LogP contribution in [0.2, 0.25) is 0 Å². The Kier molecular flexibility index (Phi) is 7.65. The third-order valence-electron chi connectivity index (χ3n) is 1.80. The van der Waals surface area contributed by atoms with Crippen molar-refractivity contribution in [3.8, 4) is 0 Å². The fourth-order valence-electron chi connectivity index (χ4n) is 1.09. The summed E-state index contributed by atoms with van der Waals surface area (Å²) in [4.78, 5) is 0. The van der Waals surface area contributed by atoms with Gasteiger partial charge in [-0.25, -0.2) is 0 Å². The minimum absolute atomic E-state index is 0.266. The summed E-state index contributed by atoms with van der Waals surface area (Å²) >= 11 is 0. The molecule has 0 saturated carbocycles. The summed E-state index contributed by atoms with van der Waals surface area (Å²) in [7, 11) is 0. The molecule has 0 bridgehead atoms. The van der Waals surface area contributed by atoms with Gasteiger partial charge < -0.3 is 10.2 Å². The van der Waals surface area contributed by atoms with E-state index in [4.69, 9.17) is 0 Å². The first-order chi connectivity index (χ1) is 6.20. The zero-order valence-electron chi connectivity index (χ0n) is 8.32. The molecule has 76 valence electrons. The van der Waals surface area contributed by atoms with Crippen molar-refractivity contribution >= 4 is 0 Å². The first-order valence-electron chi connectivity index (χ1n) is 4.84. The molecule has 13 heavy (non-hydrogen) atoms. The molecule has 0 aliphatic carbocycles. The number of hydrogen-bond acceptors (Lipinski definition) is 2. The fourth-order valence-corrected chi connectivity index (χ4v) is 1.09. The molecule has 0 amide bonds. The Bertz CT molecular complexity index is 152. The Morgan fingerprint density at radius 3 is 2.54 bits per heavy atom. The van der Waals surface area contributed by atoms with Crippen molar-refractivity contribution in [3.63, 3.8) is 0 Å². The van der Waals surface area contributed by atoms with Crippen molar-refractivity contribution in [3.05, 3.63) is 24.8 Å². The van der Waals surface area contributed by atoms with Crippen molar-refractivity contribution < 1.29 is 10.2 Å². The lowest BCUT2D eigenvalue weighted by Crippen LogP contribution is -2.05. The highest BCUT2D eigenvalue weighted by Gasteiger charge is 1.99. The summed E-state index contributed by atoms with van der Waals surface area (Å²) in [5.41, 5.74) is 0. The second kappa shape index (κ2) is 8.02. The lowest BCUT2D eigenvalue weighted by molar-refractivity contribution is 0.166. The summed E-state index contributed by atoms with van der Waals surface area (Å²) in [6.07, 6.45) is 7.50. The Labute approximate surface area is 80.6 Å². The molecule has 0 fully saturated rings. The molecule has 2 heteroatoms. The molecule has 0 aromatic rings. The van der Waals surface area contributed by atoms with Gasteiger partial charge in [-0.1, -0.05) is 31.6 Å². The first-order valence-corrected chi connectivity index (χ1v) is 4.84. The topological polar surface area (TPSA) is 40.5 Å². The second-order valence-electron chi connectivity index (χ2n) is 3.20. The molecular formula is C11H20O2. The van der Waals surface area contributed by atoms with Crippen LogP contribution in [-0.4, -0.2) is 22.4 Å². The maximum Gasteiger partial charge on any atom is 0.0755 e. The Hall–Kier alpha value is -0.600. The zero-order valence-corrected chi connectivity index (χ0v) is 8.32. The normalized spacial score (nSPS) is 15.9. The van der Waals surface area contributed by atoms with E-state index in [-0.39, 0.29) is 6.10 Å². The third-order valence-corrected chi connectivity index (χ3v) is 1.80. The van der Waals surface area contributed by atoms with E-state index in [0.717, 1.165) is 12.8 Å². The summed E-state index contributed by atoms with van der Waals surface area (Å²) < 4.78 is 0. The standard InChI is InChI=1S/C11H20O2/c1-3-6-10(12)8-5-9-11(13)7-4-2/h3,5,8,10-13H,1,4,6-7,9H2,2H3/b8-5+/t10-,11-/m1/s1. The van der Waals surface area contributed by atoms with Crippen LogP contribution in [-0.2, 0) is 0 Å². The molecular weight excluding hydrogens is 164 g/mol. The minimum atomic E-state index is -0.452. The molecule has 2 atom stereocenters. The van der Waals surface area contributed by atoms with Crippen LogP contribution in [0.4, 0.5) is 0 Å². The van der Waals surface area contributed by atoms with Gasteiger partial charge in [-0.3, -0.25) is 0 Å². The third kappa shape index (κ3) is 7.75. The minimum Gasteiger partial charge on any atom is -0.393 e. The lowest BCUT2D eigenvalue weighted by Gasteiger charge is -2.05. The molecule has 0 unspecified atom stereocenters. The molecule has 0 spiro atoms. The quantitative estimate of drug-likeness (QED) is 0.594. The average Bonchev–Trinajstić information content (AvgIpc) is 2.05. The second-order valence-corrected chi connectivity index (χ2v) is 3.20. The molecule has 0 rings (SSSR count). The largest absolute Gasteiger partial charge is 0.393 e. The smallest absolute Gasteiger partial charge is 0.0755 e. The Balaban J connectivity index is 3.54. The summed E-state index contributed by atoms with van der Waals surface area (Å²) in [5.74, 6) is 0. The molecule has 2 N–H and O–H groups in total. The van der Waals surface area contributed by atoms with Gasteiger partial charge >= 0.3 is 0 Å². The van der Waals surface area contributed by atoms with E-state index in [1.807, 2.05) is 13.0 Å². The number of aliphatic hydroxyl groups excluding tert-OH is 2. The van der Waals surface area contributed by atoms with Gasteiger partial charge in [0.25, 0.3) is 0 Å². The lowest BCUT2D eigenvalue weighted by atomic mass is 10.1. The van der Waals surface area contributed by atoms with E-state index < -0.39 is 6.10 Å². The van der Waals surface area contributed by atoms with Gasteiger partial charge in [0.15, 0.2) is 0 Å². The highest BCUT2D eigenvalue weighted by molar-refractivity contribution is 4.92. The van der Waals surface area contributed by atoms with Crippen LogP contribution in [0.5, 0.6) is 0 Å². The summed E-state index contributed by atoms with van der Waals surface area (Å²) in [6, 6.07) is 0. The molecule has 0 radical (unpaired) electrons. The number of aliphatic hydroxyl groups is 2.